The van der Waals surface area contributed by atoms with Crippen LogP contribution in [-0.2, 0) is 10.0 Å². The van der Waals surface area contributed by atoms with Crippen LogP contribution < -0.4 is 4.72 Å². The Balaban J connectivity index is 2.69. The smallest absolute Gasteiger partial charge is 0.234 e. The third-order valence-corrected chi connectivity index (χ3v) is 4.14. The molecule has 0 aliphatic carbocycles. The zero-order valence-electron chi connectivity index (χ0n) is 8.57. The zero-order chi connectivity index (χ0) is 12.2. The van der Waals surface area contributed by atoms with Gasteiger partial charge in [-0.2, -0.15) is 0 Å². The van der Waals surface area contributed by atoms with Gasteiger partial charge in [-0.3, -0.25) is 9.52 Å². The molecule has 0 unspecified atom stereocenters. The van der Waals surface area contributed by atoms with E-state index >= 15 is 0 Å². The first-order valence-corrected chi connectivity index (χ1v) is 7.54. The Morgan fingerprint density at radius 2 is 2.31 bits per heavy atom. The van der Waals surface area contributed by atoms with Crippen LogP contribution >= 0.6 is 22.9 Å². The molecule has 0 spiro atoms. The minimum atomic E-state index is -3.41. The zero-order valence-corrected chi connectivity index (χ0v) is 11.0. The van der Waals surface area contributed by atoms with Gasteiger partial charge in [0.2, 0.25) is 10.0 Å². The minimum Gasteiger partial charge on any atom is -0.293 e. The number of alkyl halides is 1. The van der Waals surface area contributed by atoms with E-state index in [1.54, 1.807) is 0 Å². The van der Waals surface area contributed by atoms with Crippen molar-refractivity contribution >= 4 is 43.9 Å². The van der Waals surface area contributed by atoms with Gasteiger partial charge in [0.05, 0.1) is 5.75 Å². The van der Waals surface area contributed by atoms with Crippen LogP contribution in [0.15, 0.2) is 5.38 Å². The van der Waals surface area contributed by atoms with Gasteiger partial charge in [0.15, 0.2) is 10.9 Å². The van der Waals surface area contributed by atoms with E-state index in [4.69, 9.17) is 11.6 Å². The van der Waals surface area contributed by atoms with Gasteiger partial charge in [0.25, 0.3) is 0 Å². The number of thiazole rings is 1. The molecule has 0 aliphatic rings. The van der Waals surface area contributed by atoms with Crippen molar-refractivity contribution < 1.29 is 13.2 Å². The van der Waals surface area contributed by atoms with Gasteiger partial charge < -0.3 is 0 Å². The topological polar surface area (TPSA) is 76.1 Å². The lowest BCUT2D eigenvalue weighted by atomic mass is 10.4. The quantitative estimate of drug-likeness (QED) is 0.637. The SMILES string of the molecule is CC(=O)c1csc(NS(=O)(=O)CCCCl)n1. The lowest BCUT2D eigenvalue weighted by Gasteiger charge is -2.02. The summed E-state index contributed by atoms with van der Waals surface area (Å²) in [7, 11) is -3.41. The van der Waals surface area contributed by atoms with Crippen molar-refractivity contribution in [1.82, 2.24) is 4.98 Å². The largest absolute Gasteiger partial charge is 0.293 e. The lowest BCUT2D eigenvalue weighted by molar-refractivity contribution is 0.101. The minimum absolute atomic E-state index is 0.0501. The maximum Gasteiger partial charge on any atom is 0.234 e. The summed E-state index contributed by atoms with van der Waals surface area (Å²) in [5.74, 6) is 0.0469. The van der Waals surface area contributed by atoms with E-state index in [0.29, 0.717) is 6.42 Å². The van der Waals surface area contributed by atoms with E-state index in [2.05, 4.69) is 9.71 Å². The van der Waals surface area contributed by atoms with Crippen LogP contribution in [0.2, 0.25) is 0 Å². The number of aromatic nitrogens is 1. The highest BCUT2D eigenvalue weighted by Gasteiger charge is 2.13. The first-order chi connectivity index (χ1) is 7.44. The normalized spacial score (nSPS) is 11.4. The third-order valence-electron chi connectivity index (χ3n) is 1.65. The molecule has 0 fully saturated rings. The molecule has 0 amide bonds. The van der Waals surface area contributed by atoms with Gasteiger partial charge in [-0.25, -0.2) is 13.4 Å². The Hall–Kier alpha value is -0.660. The first-order valence-electron chi connectivity index (χ1n) is 4.47. The Kier molecular flexibility index (Phi) is 4.69. The molecule has 16 heavy (non-hydrogen) atoms. The number of halogens is 1. The summed E-state index contributed by atoms with van der Waals surface area (Å²) in [6.45, 7) is 1.38. The van der Waals surface area contributed by atoms with Crippen molar-refractivity contribution in [3.05, 3.63) is 11.1 Å². The second-order valence-corrected chi connectivity index (χ2v) is 6.14. The number of nitrogens with zero attached hydrogens (tertiary/aromatic N) is 1. The fraction of sp³-hybridized carbons (Fsp3) is 0.500. The fourth-order valence-corrected chi connectivity index (χ4v) is 3.31. The molecule has 90 valence electrons. The molecular weight excluding hydrogens is 272 g/mol. The molecule has 1 heterocycles. The Labute approximate surface area is 103 Å². The summed E-state index contributed by atoms with van der Waals surface area (Å²) >= 11 is 6.49. The molecule has 0 aliphatic heterocycles. The number of hydrogen-bond donors (Lipinski definition) is 1. The second kappa shape index (κ2) is 5.60. The fourth-order valence-electron chi connectivity index (χ4n) is 0.911. The number of anilines is 1. The number of carbonyl (C=O) groups is 1. The number of ketones is 1. The van der Waals surface area contributed by atoms with Gasteiger partial charge in [0, 0.05) is 18.2 Å². The van der Waals surface area contributed by atoms with Crippen LogP contribution in [0.1, 0.15) is 23.8 Å². The number of sulfonamides is 1. The van der Waals surface area contributed by atoms with Crippen LogP contribution in [0, 0.1) is 0 Å². The maximum absolute atomic E-state index is 11.4. The van der Waals surface area contributed by atoms with E-state index < -0.39 is 10.0 Å². The summed E-state index contributed by atoms with van der Waals surface area (Å²) in [4.78, 5) is 14.8. The Morgan fingerprint density at radius 3 is 2.81 bits per heavy atom. The number of carbonyl (C=O) groups excluding carboxylic acids is 1. The van der Waals surface area contributed by atoms with Gasteiger partial charge in [-0.1, -0.05) is 0 Å². The molecule has 8 heteroatoms. The average Bonchev–Trinajstić information content (AvgIpc) is 2.62. The second-order valence-electron chi connectivity index (χ2n) is 3.06. The first kappa shape index (κ1) is 13.4. The van der Waals surface area contributed by atoms with Gasteiger partial charge in [-0.05, 0) is 6.42 Å². The summed E-state index contributed by atoms with van der Waals surface area (Å²) in [5, 5.41) is 1.72. The van der Waals surface area contributed by atoms with Crippen molar-refractivity contribution in [2.45, 2.75) is 13.3 Å². The predicted octanol–water partition coefficient (Wildman–Crippen LogP) is 1.72. The van der Waals surface area contributed by atoms with Crippen LogP contribution in [0.3, 0.4) is 0 Å². The molecular formula is C8H11ClN2O3S2. The van der Waals surface area contributed by atoms with E-state index in [0.717, 1.165) is 11.3 Å². The summed E-state index contributed by atoms with van der Waals surface area (Å²) in [6, 6.07) is 0. The molecule has 0 bridgehead atoms. The molecule has 1 aromatic heterocycles. The van der Waals surface area contributed by atoms with E-state index in [9.17, 15) is 13.2 Å². The van der Waals surface area contributed by atoms with E-state index in [1.807, 2.05) is 0 Å². The van der Waals surface area contributed by atoms with Gasteiger partial charge in [-0.15, -0.1) is 22.9 Å². The standard InChI is InChI=1S/C8H11ClN2O3S2/c1-6(12)7-5-15-8(10-7)11-16(13,14)4-2-3-9/h5H,2-4H2,1H3,(H,10,11). The molecule has 0 atom stereocenters. The Morgan fingerprint density at radius 1 is 1.62 bits per heavy atom. The van der Waals surface area contributed by atoms with Crippen molar-refractivity contribution in [2.75, 3.05) is 16.4 Å². The van der Waals surface area contributed by atoms with Gasteiger partial charge in [0.1, 0.15) is 5.69 Å². The number of Topliss-reactive ketones (excluding diaryl/α,β-unsaturated/α-hetero) is 1. The molecule has 1 aromatic rings. The molecule has 5 nitrogen and oxygen atoms in total. The molecule has 0 saturated carbocycles. The van der Waals surface area contributed by atoms with Crippen LogP contribution in [0.25, 0.3) is 0 Å². The van der Waals surface area contributed by atoms with Gasteiger partial charge >= 0.3 is 0 Å². The van der Waals surface area contributed by atoms with Crippen molar-refractivity contribution in [1.29, 1.82) is 0 Å². The van der Waals surface area contributed by atoms with E-state index in [-0.39, 0.29) is 28.2 Å². The summed E-state index contributed by atoms with van der Waals surface area (Å²) < 4.78 is 25.2. The molecule has 1 rings (SSSR count). The third kappa shape index (κ3) is 4.07. The molecule has 0 saturated heterocycles. The van der Waals surface area contributed by atoms with Crippen LogP contribution in [0.5, 0.6) is 0 Å². The monoisotopic (exact) mass is 282 g/mol. The molecule has 0 aromatic carbocycles. The maximum atomic E-state index is 11.4. The molecule has 0 radical (unpaired) electrons. The lowest BCUT2D eigenvalue weighted by Crippen LogP contribution is -2.17. The summed E-state index contributed by atoms with van der Waals surface area (Å²) in [6.07, 6.45) is 0.377. The van der Waals surface area contributed by atoms with Crippen molar-refractivity contribution in [2.24, 2.45) is 0 Å². The Bertz CT molecular complexity index is 469. The average molecular weight is 283 g/mol. The highest BCUT2D eigenvalue weighted by molar-refractivity contribution is 7.92. The number of nitrogens with one attached hydrogen (secondary N) is 1. The van der Waals surface area contributed by atoms with Crippen LogP contribution in [0.4, 0.5) is 5.13 Å². The van der Waals surface area contributed by atoms with Crippen molar-refractivity contribution in [3.63, 3.8) is 0 Å². The molecule has 1 N–H and O–H groups in total. The van der Waals surface area contributed by atoms with E-state index in [1.165, 1.54) is 12.3 Å². The highest BCUT2D eigenvalue weighted by atomic mass is 35.5. The van der Waals surface area contributed by atoms with Crippen LogP contribution in [-0.4, -0.2) is 30.8 Å². The van der Waals surface area contributed by atoms with Crippen molar-refractivity contribution in [3.8, 4) is 0 Å². The number of hydrogen-bond acceptors (Lipinski definition) is 5. The number of rotatable bonds is 6. The predicted molar refractivity (Wildman–Crippen MR) is 64.9 cm³/mol. The summed E-state index contributed by atoms with van der Waals surface area (Å²) in [5.41, 5.74) is 0.264. The highest BCUT2D eigenvalue weighted by Crippen LogP contribution is 2.17.